The van der Waals surface area contributed by atoms with Crippen molar-refractivity contribution in [1.82, 2.24) is 10.8 Å². The SMILES string of the molecule is O=C1CCC2(CCC(c3ccccc3)NC2)NO1. The number of hydrogen-bond donors (Lipinski definition) is 2. The molecule has 3 rings (SSSR count). The van der Waals surface area contributed by atoms with Crippen molar-refractivity contribution in [3.8, 4) is 0 Å². The predicted molar refractivity (Wildman–Crippen MR) is 67.6 cm³/mol. The Balaban J connectivity index is 1.63. The van der Waals surface area contributed by atoms with Crippen LogP contribution >= 0.6 is 0 Å². The highest BCUT2D eigenvalue weighted by molar-refractivity contribution is 5.69. The van der Waals surface area contributed by atoms with Gasteiger partial charge in [0.15, 0.2) is 0 Å². The molecule has 1 aromatic carbocycles. The lowest BCUT2D eigenvalue weighted by Crippen LogP contribution is -2.59. The summed E-state index contributed by atoms with van der Waals surface area (Å²) in [5.74, 6) is -0.147. The normalized spacial score (nSPS) is 32.2. The molecule has 4 nitrogen and oxygen atoms in total. The minimum Gasteiger partial charge on any atom is -0.370 e. The van der Waals surface area contributed by atoms with Crippen molar-refractivity contribution >= 4 is 5.97 Å². The first kappa shape index (κ1) is 11.7. The van der Waals surface area contributed by atoms with Crippen LogP contribution in [0.5, 0.6) is 0 Å². The Morgan fingerprint density at radius 1 is 1.22 bits per heavy atom. The number of carbonyl (C=O) groups excluding carboxylic acids is 1. The molecule has 2 fully saturated rings. The van der Waals surface area contributed by atoms with Gasteiger partial charge in [-0.15, -0.1) is 5.48 Å². The van der Waals surface area contributed by atoms with Crippen molar-refractivity contribution in [3.63, 3.8) is 0 Å². The summed E-state index contributed by atoms with van der Waals surface area (Å²) in [4.78, 5) is 16.1. The third kappa shape index (κ3) is 2.26. The van der Waals surface area contributed by atoms with E-state index >= 15 is 0 Å². The molecular formula is C14H18N2O2. The van der Waals surface area contributed by atoms with Crippen molar-refractivity contribution in [2.24, 2.45) is 0 Å². The van der Waals surface area contributed by atoms with E-state index in [1.54, 1.807) is 0 Å². The molecule has 18 heavy (non-hydrogen) atoms. The monoisotopic (exact) mass is 246 g/mol. The fraction of sp³-hybridized carbons (Fsp3) is 0.500. The van der Waals surface area contributed by atoms with Gasteiger partial charge in [0.2, 0.25) is 0 Å². The maximum Gasteiger partial charge on any atom is 0.324 e. The molecule has 2 unspecified atom stereocenters. The molecule has 96 valence electrons. The predicted octanol–water partition coefficient (Wildman–Crippen LogP) is 1.69. The molecule has 2 heterocycles. The molecule has 0 aromatic heterocycles. The smallest absolute Gasteiger partial charge is 0.324 e. The van der Waals surface area contributed by atoms with Crippen LogP contribution < -0.4 is 10.8 Å². The van der Waals surface area contributed by atoms with E-state index < -0.39 is 0 Å². The molecule has 0 saturated carbocycles. The summed E-state index contributed by atoms with van der Waals surface area (Å²) in [6.45, 7) is 0.847. The van der Waals surface area contributed by atoms with Gasteiger partial charge in [-0.1, -0.05) is 30.3 Å². The lowest BCUT2D eigenvalue weighted by molar-refractivity contribution is -0.166. The lowest BCUT2D eigenvalue weighted by atomic mass is 9.82. The van der Waals surface area contributed by atoms with Gasteiger partial charge in [-0.05, 0) is 24.8 Å². The van der Waals surface area contributed by atoms with E-state index in [4.69, 9.17) is 4.84 Å². The minimum atomic E-state index is -0.147. The van der Waals surface area contributed by atoms with Gasteiger partial charge < -0.3 is 10.2 Å². The fourth-order valence-electron chi connectivity index (χ4n) is 2.81. The van der Waals surface area contributed by atoms with Crippen LogP contribution in [0.1, 0.15) is 37.3 Å². The van der Waals surface area contributed by atoms with E-state index in [-0.39, 0.29) is 11.5 Å². The van der Waals surface area contributed by atoms with Gasteiger partial charge in [0.25, 0.3) is 0 Å². The highest BCUT2D eigenvalue weighted by Crippen LogP contribution is 2.32. The Labute approximate surface area is 107 Å². The summed E-state index contributed by atoms with van der Waals surface area (Å²) in [6.07, 6.45) is 3.48. The van der Waals surface area contributed by atoms with Gasteiger partial charge in [0, 0.05) is 19.0 Å². The van der Waals surface area contributed by atoms with Crippen LogP contribution in [0.15, 0.2) is 30.3 Å². The van der Waals surface area contributed by atoms with E-state index in [0.29, 0.717) is 12.5 Å². The van der Waals surface area contributed by atoms with E-state index in [1.165, 1.54) is 5.56 Å². The standard InChI is InChI=1S/C14H18N2O2/c17-13-7-9-14(16-18-13)8-6-12(15-10-14)11-4-2-1-3-5-11/h1-5,12,15-16H,6-10H2. The number of hydroxylamine groups is 1. The Morgan fingerprint density at radius 3 is 2.67 bits per heavy atom. The zero-order valence-electron chi connectivity index (χ0n) is 10.3. The molecule has 0 radical (unpaired) electrons. The lowest BCUT2D eigenvalue weighted by Gasteiger charge is -2.42. The molecule has 4 heteroatoms. The summed E-state index contributed by atoms with van der Waals surface area (Å²) in [5, 5.41) is 3.56. The van der Waals surface area contributed by atoms with E-state index in [9.17, 15) is 4.79 Å². The average molecular weight is 246 g/mol. The zero-order valence-corrected chi connectivity index (χ0v) is 10.3. The molecule has 2 atom stereocenters. The molecule has 0 bridgehead atoms. The first-order chi connectivity index (χ1) is 8.77. The Morgan fingerprint density at radius 2 is 2.06 bits per heavy atom. The van der Waals surface area contributed by atoms with Gasteiger partial charge in [-0.2, -0.15) is 0 Å². The second-order valence-electron chi connectivity index (χ2n) is 5.24. The molecule has 1 aromatic rings. The Hall–Kier alpha value is -1.39. The second-order valence-corrected chi connectivity index (χ2v) is 5.24. The third-order valence-corrected chi connectivity index (χ3v) is 3.99. The molecule has 2 saturated heterocycles. The summed E-state index contributed by atoms with van der Waals surface area (Å²) in [5.41, 5.74) is 4.22. The summed E-state index contributed by atoms with van der Waals surface area (Å²) in [6, 6.07) is 10.9. The number of rotatable bonds is 1. The topological polar surface area (TPSA) is 50.4 Å². The second kappa shape index (κ2) is 4.71. The van der Waals surface area contributed by atoms with Crippen LogP contribution in [0.2, 0.25) is 0 Å². The van der Waals surface area contributed by atoms with Crippen molar-refractivity contribution < 1.29 is 9.63 Å². The van der Waals surface area contributed by atoms with Crippen LogP contribution in [0.25, 0.3) is 0 Å². The maximum absolute atomic E-state index is 11.1. The fourth-order valence-corrected chi connectivity index (χ4v) is 2.81. The molecule has 0 aliphatic carbocycles. The molecule has 2 aliphatic heterocycles. The average Bonchev–Trinajstić information content (AvgIpc) is 2.44. The van der Waals surface area contributed by atoms with E-state index in [1.807, 2.05) is 6.07 Å². The number of benzene rings is 1. The van der Waals surface area contributed by atoms with Gasteiger partial charge in [0.05, 0.1) is 5.54 Å². The number of piperidine rings is 1. The number of hydrogen-bond acceptors (Lipinski definition) is 4. The number of carbonyl (C=O) groups is 1. The molecule has 2 aliphatic rings. The van der Waals surface area contributed by atoms with Crippen LogP contribution in [0.4, 0.5) is 0 Å². The highest BCUT2D eigenvalue weighted by atomic mass is 16.7. The van der Waals surface area contributed by atoms with E-state index in [2.05, 4.69) is 35.1 Å². The van der Waals surface area contributed by atoms with Gasteiger partial charge in [-0.25, -0.2) is 0 Å². The van der Waals surface area contributed by atoms with Crippen LogP contribution in [0.3, 0.4) is 0 Å². The zero-order chi connectivity index (χ0) is 12.4. The minimum absolute atomic E-state index is 0.0564. The summed E-state index contributed by atoms with van der Waals surface area (Å²) < 4.78 is 0. The third-order valence-electron chi connectivity index (χ3n) is 3.99. The van der Waals surface area contributed by atoms with Crippen molar-refractivity contribution in [2.75, 3.05) is 6.54 Å². The first-order valence-corrected chi connectivity index (χ1v) is 6.53. The molecular weight excluding hydrogens is 228 g/mol. The first-order valence-electron chi connectivity index (χ1n) is 6.53. The molecule has 0 amide bonds. The van der Waals surface area contributed by atoms with E-state index in [0.717, 1.165) is 25.8 Å². The van der Waals surface area contributed by atoms with Crippen LogP contribution in [0, 0.1) is 0 Å². The quantitative estimate of drug-likeness (QED) is 0.791. The van der Waals surface area contributed by atoms with Crippen molar-refractivity contribution in [3.05, 3.63) is 35.9 Å². The molecule has 2 N–H and O–H groups in total. The summed E-state index contributed by atoms with van der Waals surface area (Å²) in [7, 11) is 0. The Bertz CT molecular complexity index is 413. The van der Waals surface area contributed by atoms with Crippen LogP contribution in [-0.4, -0.2) is 18.1 Å². The van der Waals surface area contributed by atoms with Crippen molar-refractivity contribution in [1.29, 1.82) is 0 Å². The largest absolute Gasteiger partial charge is 0.370 e. The number of nitrogens with one attached hydrogen (secondary N) is 2. The highest BCUT2D eigenvalue weighted by Gasteiger charge is 2.39. The summed E-state index contributed by atoms with van der Waals surface area (Å²) >= 11 is 0. The van der Waals surface area contributed by atoms with Gasteiger partial charge in [-0.3, -0.25) is 4.79 Å². The molecule has 1 spiro atoms. The van der Waals surface area contributed by atoms with Crippen molar-refractivity contribution in [2.45, 2.75) is 37.3 Å². The van der Waals surface area contributed by atoms with Gasteiger partial charge in [0.1, 0.15) is 0 Å². The van der Waals surface area contributed by atoms with Gasteiger partial charge >= 0.3 is 5.97 Å². The maximum atomic E-state index is 11.1. The van der Waals surface area contributed by atoms with Crippen LogP contribution in [-0.2, 0) is 9.63 Å². The Kier molecular flexibility index (Phi) is 3.06.